The van der Waals surface area contributed by atoms with Crippen LogP contribution in [0.5, 0.6) is 5.06 Å². The van der Waals surface area contributed by atoms with Crippen LogP contribution in [0.25, 0.3) is 0 Å². The van der Waals surface area contributed by atoms with Gasteiger partial charge in [0, 0.05) is 4.90 Å². The SMILES string of the molecule is OCc1ccccc1SCCCCCCOc1cccs1. The standard InChI is InChI=1S/C17H22O2S2/c18-14-15-8-3-4-9-16(15)20-12-6-2-1-5-11-19-17-10-7-13-21-17/h3-4,7-10,13,18H,1-2,5-6,11-12,14H2. The van der Waals surface area contributed by atoms with Gasteiger partial charge in [-0.25, -0.2) is 0 Å². The lowest BCUT2D eigenvalue weighted by Gasteiger charge is -2.07. The third-order valence-electron chi connectivity index (χ3n) is 3.18. The molecule has 0 spiro atoms. The summed E-state index contributed by atoms with van der Waals surface area (Å²) in [5.41, 5.74) is 1.03. The van der Waals surface area contributed by atoms with Crippen LogP contribution in [0.3, 0.4) is 0 Å². The van der Waals surface area contributed by atoms with Crippen LogP contribution < -0.4 is 4.74 Å². The zero-order valence-corrected chi connectivity index (χ0v) is 13.8. The van der Waals surface area contributed by atoms with Crippen LogP contribution in [0.4, 0.5) is 0 Å². The van der Waals surface area contributed by atoms with Crippen molar-refractivity contribution in [2.45, 2.75) is 37.2 Å². The molecule has 0 amide bonds. The summed E-state index contributed by atoms with van der Waals surface area (Å²) in [4.78, 5) is 1.21. The second kappa shape index (κ2) is 9.87. The maximum Gasteiger partial charge on any atom is 0.173 e. The Kier molecular flexibility index (Phi) is 7.71. The van der Waals surface area contributed by atoms with E-state index in [9.17, 15) is 5.11 Å². The van der Waals surface area contributed by atoms with Gasteiger partial charge in [0.25, 0.3) is 0 Å². The zero-order chi connectivity index (χ0) is 14.8. The molecule has 0 aliphatic rings. The van der Waals surface area contributed by atoms with Gasteiger partial charge in [0.05, 0.1) is 13.2 Å². The molecule has 1 aromatic heterocycles. The fraction of sp³-hybridized carbons (Fsp3) is 0.412. The largest absolute Gasteiger partial charge is 0.484 e. The van der Waals surface area contributed by atoms with Gasteiger partial charge in [0.2, 0.25) is 0 Å². The molecular formula is C17H22O2S2. The molecule has 114 valence electrons. The van der Waals surface area contributed by atoms with Crippen molar-refractivity contribution in [3.8, 4) is 5.06 Å². The molecule has 0 unspecified atom stereocenters. The number of ether oxygens (including phenoxy) is 1. The topological polar surface area (TPSA) is 29.5 Å². The van der Waals surface area contributed by atoms with Crippen molar-refractivity contribution in [2.24, 2.45) is 0 Å². The molecule has 0 saturated heterocycles. The summed E-state index contributed by atoms with van der Waals surface area (Å²) in [5, 5.41) is 12.3. The Morgan fingerprint density at radius 2 is 1.86 bits per heavy atom. The number of aliphatic hydroxyl groups is 1. The van der Waals surface area contributed by atoms with Crippen LogP contribution >= 0.6 is 23.1 Å². The number of aliphatic hydroxyl groups excluding tert-OH is 1. The fourth-order valence-corrected chi connectivity index (χ4v) is 3.69. The Hall–Kier alpha value is -0.970. The summed E-state index contributed by atoms with van der Waals surface area (Å²) in [6.07, 6.45) is 4.79. The van der Waals surface area contributed by atoms with E-state index in [1.807, 2.05) is 47.5 Å². The number of benzene rings is 1. The Labute approximate surface area is 135 Å². The van der Waals surface area contributed by atoms with Crippen molar-refractivity contribution in [2.75, 3.05) is 12.4 Å². The van der Waals surface area contributed by atoms with E-state index in [1.54, 1.807) is 11.3 Å². The smallest absolute Gasteiger partial charge is 0.173 e. The van der Waals surface area contributed by atoms with Crippen LogP contribution in [-0.4, -0.2) is 17.5 Å². The Morgan fingerprint density at radius 3 is 2.67 bits per heavy atom. The molecule has 0 aliphatic heterocycles. The minimum atomic E-state index is 0.128. The summed E-state index contributed by atoms with van der Waals surface area (Å²) in [6.45, 7) is 0.949. The van der Waals surface area contributed by atoms with E-state index in [-0.39, 0.29) is 6.61 Å². The molecule has 0 bridgehead atoms. The third-order valence-corrected chi connectivity index (χ3v) is 5.16. The lowest BCUT2D eigenvalue weighted by Crippen LogP contribution is -1.95. The highest BCUT2D eigenvalue weighted by Gasteiger charge is 2.01. The predicted octanol–water partition coefficient (Wildman–Crippen LogP) is 4.97. The number of unbranched alkanes of at least 4 members (excludes halogenated alkanes) is 3. The first-order chi connectivity index (χ1) is 10.4. The van der Waals surface area contributed by atoms with E-state index in [1.165, 1.54) is 24.2 Å². The van der Waals surface area contributed by atoms with E-state index in [0.717, 1.165) is 29.4 Å². The van der Waals surface area contributed by atoms with Crippen LogP contribution in [0.15, 0.2) is 46.7 Å². The molecule has 1 aromatic carbocycles. The van der Waals surface area contributed by atoms with Crippen molar-refractivity contribution in [1.29, 1.82) is 0 Å². The maximum absolute atomic E-state index is 9.27. The van der Waals surface area contributed by atoms with Gasteiger partial charge in [-0.05, 0) is 47.7 Å². The first kappa shape index (κ1) is 16.4. The first-order valence-electron chi connectivity index (χ1n) is 7.38. The number of hydrogen-bond donors (Lipinski definition) is 1. The zero-order valence-electron chi connectivity index (χ0n) is 12.2. The van der Waals surface area contributed by atoms with Crippen LogP contribution in [0.1, 0.15) is 31.2 Å². The molecule has 1 N–H and O–H groups in total. The average molecular weight is 322 g/mol. The highest BCUT2D eigenvalue weighted by atomic mass is 32.2. The van der Waals surface area contributed by atoms with Crippen molar-refractivity contribution in [1.82, 2.24) is 0 Å². The lowest BCUT2D eigenvalue weighted by molar-refractivity contribution is 0.279. The minimum absolute atomic E-state index is 0.128. The summed E-state index contributed by atoms with van der Waals surface area (Å²) >= 11 is 3.49. The van der Waals surface area contributed by atoms with Crippen molar-refractivity contribution < 1.29 is 9.84 Å². The molecule has 0 fully saturated rings. The van der Waals surface area contributed by atoms with Gasteiger partial charge in [-0.2, -0.15) is 0 Å². The fourth-order valence-electron chi connectivity index (χ4n) is 2.03. The molecular weight excluding hydrogens is 300 g/mol. The van der Waals surface area contributed by atoms with E-state index in [2.05, 4.69) is 6.07 Å². The first-order valence-corrected chi connectivity index (χ1v) is 9.24. The normalized spacial score (nSPS) is 10.7. The van der Waals surface area contributed by atoms with Gasteiger partial charge in [-0.15, -0.1) is 23.1 Å². The Bertz CT molecular complexity index is 497. The van der Waals surface area contributed by atoms with Gasteiger partial charge >= 0.3 is 0 Å². The minimum Gasteiger partial charge on any atom is -0.484 e. The number of thiophene rings is 1. The lowest BCUT2D eigenvalue weighted by atomic mass is 10.2. The Morgan fingerprint density at radius 1 is 1.00 bits per heavy atom. The second-order valence-electron chi connectivity index (χ2n) is 4.81. The number of hydrogen-bond acceptors (Lipinski definition) is 4. The monoisotopic (exact) mass is 322 g/mol. The second-order valence-corrected chi connectivity index (χ2v) is 6.86. The molecule has 2 rings (SSSR count). The van der Waals surface area contributed by atoms with E-state index < -0.39 is 0 Å². The molecule has 0 aliphatic carbocycles. The molecule has 2 nitrogen and oxygen atoms in total. The van der Waals surface area contributed by atoms with E-state index >= 15 is 0 Å². The van der Waals surface area contributed by atoms with E-state index in [0.29, 0.717) is 0 Å². The molecule has 0 saturated carbocycles. The van der Waals surface area contributed by atoms with Gasteiger partial charge in [-0.1, -0.05) is 31.0 Å². The van der Waals surface area contributed by atoms with Crippen molar-refractivity contribution in [3.63, 3.8) is 0 Å². The van der Waals surface area contributed by atoms with Crippen LogP contribution in [0, 0.1) is 0 Å². The van der Waals surface area contributed by atoms with Gasteiger partial charge in [-0.3, -0.25) is 0 Å². The van der Waals surface area contributed by atoms with Crippen LogP contribution in [-0.2, 0) is 6.61 Å². The molecule has 0 radical (unpaired) electrons. The molecule has 21 heavy (non-hydrogen) atoms. The number of thioether (sulfide) groups is 1. The summed E-state index contributed by atoms with van der Waals surface area (Å²) in [5.74, 6) is 1.11. The predicted molar refractivity (Wildman–Crippen MR) is 91.4 cm³/mol. The van der Waals surface area contributed by atoms with Gasteiger partial charge < -0.3 is 9.84 Å². The third kappa shape index (κ3) is 6.12. The summed E-state index contributed by atoms with van der Waals surface area (Å²) in [7, 11) is 0. The molecule has 1 heterocycles. The van der Waals surface area contributed by atoms with Crippen LogP contribution in [0.2, 0.25) is 0 Å². The maximum atomic E-state index is 9.27. The average Bonchev–Trinajstić information content (AvgIpc) is 3.03. The van der Waals surface area contributed by atoms with E-state index in [4.69, 9.17) is 4.74 Å². The molecule has 0 atom stereocenters. The molecule has 2 aromatic rings. The summed E-state index contributed by atoms with van der Waals surface area (Å²) in [6, 6.07) is 12.1. The van der Waals surface area contributed by atoms with Gasteiger partial charge in [0.1, 0.15) is 0 Å². The Balaban J connectivity index is 1.50. The van der Waals surface area contributed by atoms with Crippen molar-refractivity contribution >= 4 is 23.1 Å². The summed E-state index contributed by atoms with van der Waals surface area (Å²) < 4.78 is 5.64. The highest BCUT2D eigenvalue weighted by molar-refractivity contribution is 7.99. The highest BCUT2D eigenvalue weighted by Crippen LogP contribution is 2.24. The molecule has 4 heteroatoms. The quantitative estimate of drug-likeness (QED) is 0.494. The van der Waals surface area contributed by atoms with Gasteiger partial charge in [0.15, 0.2) is 5.06 Å². The number of rotatable bonds is 10. The van der Waals surface area contributed by atoms with Crippen molar-refractivity contribution in [3.05, 3.63) is 47.3 Å².